The fourth-order valence-electron chi connectivity index (χ4n) is 7.23. The smallest absolute Gasteiger partial charge is 0.229 e. The summed E-state index contributed by atoms with van der Waals surface area (Å²) in [5.74, 6) is -3.75. The molecule has 0 heterocycles. The number of benzene rings is 2. The molecule has 5 atom stereocenters. The van der Waals surface area contributed by atoms with Gasteiger partial charge in [0, 0.05) is 10.4 Å². The lowest BCUT2D eigenvalue weighted by molar-refractivity contribution is -0.153. The Morgan fingerprint density at radius 2 is 1.48 bits per heavy atom. The van der Waals surface area contributed by atoms with Gasteiger partial charge >= 0.3 is 0 Å². The molecule has 0 unspecified atom stereocenters. The Balaban J connectivity index is 1.84. The summed E-state index contributed by atoms with van der Waals surface area (Å²) in [7, 11) is 0. The molecule has 0 aliphatic heterocycles. The number of hydrogen-bond acceptors (Lipinski definition) is 3. The van der Waals surface area contributed by atoms with Crippen LogP contribution in [0.3, 0.4) is 0 Å². The largest absolute Gasteiger partial charge is 0.369 e. The van der Waals surface area contributed by atoms with Gasteiger partial charge in [0.05, 0.1) is 16.7 Å². The van der Waals surface area contributed by atoms with Crippen LogP contribution in [0.4, 0.5) is 0 Å². The molecule has 2 bridgehead atoms. The highest BCUT2D eigenvalue weighted by Crippen LogP contribution is 2.81. The van der Waals surface area contributed by atoms with Crippen LogP contribution >= 0.6 is 15.9 Å². The average Bonchev–Trinajstić information content (AvgIpc) is 3.45. The molecule has 2 saturated carbocycles. The Morgan fingerprint density at radius 3 is 2.00 bits per heavy atom. The monoisotopic (exact) mass is 507 g/mol. The van der Waals surface area contributed by atoms with E-state index in [-0.39, 0.29) is 17.8 Å². The Hall–Kier alpha value is -2.93. The third kappa shape index (κ3) is 2.63. The third-order valence-corrected chi connectivity index (χ3v) is 8.97. The minimum absolute atomic E-state index is 0.192. The molecule has 2 fully saturated rings. The number of carbonyl (C=O) groups is 3. The van der Waals surface area contributed by atoms with Gasteiger partial charge in [-0.05, 0) is 53.9 Å². The molecule has 33 heavy (non-hydrogen) atoms. The van der Waals surface area contributed by atoms with E-state index in [1.807, 2.05) is 54.6 Å². The summed E-state index contributed by atoms with van der Waals surface area (Å²) in [6, 6.07) is 16.6. The lowest BCUT2D eigenvalue weighted by Crippen LogP contribution is -2.67. The zero-order valence-corrected chi connectivity index (χ0v) is 19.6. The highest BCUT2D eigenvalue weighted by atomic mass is 79.9. The number of allylic oxidation sites excluding steroid dienone is 2. The van der Waals surface area contributed by atoms with Crippen LogP contribution in [-0.2, 0) is 26.2 Å². The molecular weight excluding hydrogens is 482 g/mol. The van der Waals surface area contributed by atoms with Crippen LogP contribution in [0.2, 0.25) is 0 Å². The molecule has 3 aliphatic rings. The third-order valence-electron chi connectivity index (χ3n) is 8.44. The van der Waals surface area contributed by atoms with Crippen molar-refractivity contribution < 1.29 is 14.4 Å². The van der Waals surface area contributed by atoms with Crippen LogP contribution in [0, 0.1) is 28.6 Å². The molecule has 6 nitrogen and oxygen atoms in total. The van der Waals surface area contributed by atoms with E-state index in [1.54, 1.807) is 12.1 Å². The highest BCUT2D eigenvalue weighted by Gasteiger charge is 2.85. The second kappa shape index (κ2) is 7.29. The van der Waals surface area contributed by atoms with Crippen molar-refractivity contribution in [2.24, 2.45) is 45.8 Å². The second-order valence-electron chi connectivity index (χ2n) is 9.63. The number of nitrogens with two attached hydrogens (primary N) is 3. The Bertz CT molecular complexity index is 1180. The molecule has 0 aromatic heterocycles. The van der Waals surface area contributed by atoms with Crippen molar-refractivity contribution in [1.29, 1.82) is 0 Å². The normalized spacial score (nSPS) is 31.4. The maximum absolute atomic E-state index is 13.7. The van der Waals surface area contributed by atoms with E-state index < -0.39 is 40.4 Å². The number of halogens is 1. The molecule has 0 radical (unpaired) electrons. The van der Waals surface area contributed by atoms with E-state index >= 15 is 0 Å². The molecule has 170 valence electrons. The molecule has 5 rings (SSSR count). The molecule has 0 saturated heterocycles. The minimum Gasteiger partial charge on any atom is -0.369 e. The Labute approximate surface area is 200 Å². The molecular formula is C26H26BrN3O3. The second-order valence-corrected chi connectivity index (χ2v) is 10.5. The summed E-state index contributed by atoms with van der Waals surface area (Å²) in [5.41, 5.74) is 16.6. The quantitative estimate of drug-likeness (QED) is 0.497. The Morgan fingerprint density at radius 1 is 0.879 bits per heavy atom. The molecule has 7 heteroatoms. The molecule has 3 aliphatic carbocycles. The minimum atomic E-state index is -1.58. The summed E-state index contributed by atoms with van der Waals surface area (Å²) >= 11 is 3.44. The van der Waals surface area contributed by atoms with Crippen molar-refractivity contribution in [3.05, 3.63) is 82.3 Å². The van der Waals surface area contributed by atoms with Crippen LogP contribution in [-0.4, -0.2) is 17.7 Å². The fraction of sp³-hybridized carbons (Fsp3) is 0.346. The summed E-state index contributed by atoms with van der Waals surface area (Å²) in [4.78, 5) is 40.5. The van der Waals surface area contributed by atoms with Gasteiger partial charge in [0.1, 0.15) is 0 Å². The van der Waals surface area contributed by atoms with Crippen molar-refractivity contribution in [1.82, 2.24) is 0 Å². The topological polar surface area (TPSA) is 129 Å². The maximum atomic E-state index is 13.7. The average molecular weight is 508 g/mol. The van der Waals surface area contributed by atoms with Gasteiger partial charge in [0.15, 0.2) is 0 Å². The van der Waals surface area contributed by atoms with Crippen molar-refractivity contribution in [2.45, 2.75) is 24.7 Å². The SMILES string of the molecule is NC(=O)[C@@H](Cc1ccccc1)[C@]1(C(N)=O)[C@@H]2C=C[C@@H](C23CC3)[C@@]1(C(N)=O)c1ccc(Br)cc1. The number of amides is 3. The van der Waals surface area contributed by atoms with Gasteiger partial charge in [0.2, 0.25) is 17.7 Å². The predicted octanol–water partition coefficient (Wildman–Crippen LogP) is 2.58. The van der Waals surface area contributed by atoms with Crippen LogP contribution in [0.5, 0.6) is 0 Å². The number of carbonyl (C=O) groups excluding carboxylic acids is 3. The van der Waals surface area contributed by atoms with E-state index in [1.165, 1.54) is 0 Å². The summed E-state index contributed by atoms with van der Waals surface area (Å²) in [6.45, 7) is 0. The first-order valence-electron chi connectivity index (χ1n) is 11.1. The van der Waals surface area contributed by atoms with Gasteiger partial charge in [-0.3, -0.25) is 14.4 Å². The molecule has 2 aromatic rings. The maximum Gasteiger partial charge on any atom is 0.229 e. The predicted molar refractivity (Wildman–Crippen MR) is 127 cm³/mol. The van der Waals surface area contributed by atoms with E-state index in [2.05, 4.69) is 15.9 Å². The van der Waals surface area contributed by atoms with Crippen molar-refractivity contribution >= 4 is 33.7 Å². The van der Waals surface area contributed by atoms with E-state index in [0.29, 0.717) is 5.56 Å². The first-order chi connectivity index (χ1) is 15.7. The van der Waals surface area contributed by atoms with Crippen LogP contribution in [0.1, 0.15) is 24.0 Å². The lowest BCUT2D eigenvalue weighted by atomic mass is 9.48. The lowest BCUT2D eigenvalue weighted by Gasteiger charge is -2.51. The number of hydrogen-bond donors (Lipinski definition) is 3. The molecule has 3 amide bonds. The van der Waals surface area contributed by atoms with Crippen molar-refractivity contribution in [3.8, 4) is 0 Å². The summed E-state index contributed by atoms with van der Waals surface area (Å²) < 4.78 is 0.825. The van der Waals surface area contributed by atoms with E-state index in [9.17, 15) is 14.4 Å². The summed E-state index contributed by atoms with van der Waals surface area (Å²) in [5, 5.41) is 0. The van der Waals surface area contributed by atoms with Crippen LogP contribution in [0.25, 0.3) is 0 Å². The van der Waals surface area contributed by atoms with Crippen molar-refractivity contribution in [2.75, 3.05) is 0 Å². The van der Waals surface area contributed by atoms with Gasteiger partial charge in [-0.2, -0.15) is 0 Å². The first kappa shape index (κ1) is 21.9. The zero-order valence-electron chi connectivity index (χ0n) is 18.0. The molecule has 2 aromatic carbocycles. The number of rotatable bonds is 7. The summed E-state index contributed by atoms with van der Waals surface area (Å²) in [6.07, 6.45) is 5.85. The molecule has 1 spiro atoms. The van der Waals surface area contributed by atoms with Gasteiger partial charge in [-0.15, -0.1) is 0 Å². The van der Waals surface area contributed by atoms with E-state index in [0.717, 1.165) is 22.9 Å². The Kier molecular flexibility index (Phi) is 4.83. The van der Waals surface area contributed by atoms with Crippen molar-refractivity contribution in [3.63, 3.8) is 0 Å². The standard InChI is InChI=1S/C26H26BrN3O3/c27-17-8-6-16(7-9-17)25(22(29)32)19-10-11-20(24(19)12-13-24)26(25,23(30)33)18(21(28)31)14-15-4-2-1-3-5-15/h1-11,18-20H,12-14H2,(H2,28,31)(H2,29,32)(H2,30,33)/t18-,19+,20-,25-,26-/m1/s1. The van der Waals surface area contributed by atoms with Gasteiger partial charge < -0.3 is 17.2 Å². The molecule has 6 N–H and O–H groups in total. The fourth-order valence-corrected chi connectivity index (χ4v) is 7.49. The van der Waals surface area contributed by atoms with Crippen LogP contribution < -0.4 is 17.2 Å². The van der Waals surface area contributed by atoms with Gasteiger partial charge in [0.25, 0.3) is 0 Å². The zero-order chi connectivity index (χ0) is 23.6. The number of primary amides is 3. The van der Waals surface area contributed by atoms with Gasteiger partial charge in [-0.1, -0.05) is 70.5 Å². The first-order valence-corrected chi connectivity index (χ1v) is 11.9. The highest BCUT2D eigenvalue weighted by molar-refractivity contribution is 9.10. The van der Waals surface area contributed by atoms with Crippen LogP contribution in [0.15, 0.2) is 71.2 Å². The van der Waals surface area contributed by atoms with E-state index in [4.69, 9.17) is 17.2 Å². The van der Waals surface area contributed by atoms with Gasteiger partial charge in [-0.25, -0.2) is 0 Å².